The molecule has 0 bridgehead atoms. The van der Waals surface area contributed by atoms with Gasteiger partial charge in [-0.3, -0.25) is 19.7 Å². The first-order valence-electron chi connectivity index (χ1n) is 11.3. The lowest BCUT2D eigenvalue weighted by Crippen LogP contribution is -2.52. The van der Waals surface area contributed by atoms with E-state index >= 15 is 0 Å². The van der Waals surface area contributed by atoms with Crippen LogP contribution in [0.25, 0.3) is 10.9 Å². The lowest BCUT2D eigenvalue weighted by molar-refractivity contribution is -0.134. The van der Waals surface area contributed by atoms with Crippen molar-refractivity contribution in [2.75, 3.05) is 39.9 Å². The molecule has 0 spiro atoms. The predicted octanol–water partition coefficient (Wildman–Crippen LogP) is 1.09. The van der Waals surface area contributed by atoms with E-state index in [1.807, 2.05) is 6.07 Å². The Labute approximate surface area is 201 Å². The molecular weight excluding hydrogens is 454 g/mol. The van der Waals surface area contributed by atoms with Gasteiger partial charge in [-0.2, -0.15) is 5.10 Å². The van der Waals surface area contributed by atoms with E-state index in [9.17, 15) is 14.4 Å². The summed E-state index contributed by atoms with van der Waals surface area (Å²) in [5.74, 6) is -1.19. The summed E-state index contributed by atoms with van der Waals surface area (Å²) in [7, 11) is 1.44. The molecule has 35 heavy (non-hydrogen) atoms. The van der Waals surface area contributed by atoms with Crippen molar-refractivity contribution >= 4 is 28.8 Å². The van der Waals surface area contributed by atoms with Gasteiger partial charge < -0.3 is 25.0 Å². The smallest absolute Gasteiger partial charge is 0.409 e. The summed E-state index contributed by atoms with van der Waals surface area (Å²) in [4.78, 5) is 50.6. The molecule has 3 N–H and O–H groups in total. The molecule has 184 valence electrons. The Kier molecular flexibility index (Phi) is 7.09. The van der Waals surface area contributed by atoms with Crippen molar-refractivity contribution in [3.8, 4) is 5.75 Å². The van der Waals surface area contributed by atoms with Gasteiger partial charge in [-0.15, -0.1) is 0 Å². The Bertz CT molecular complexity index is 1220. The number of rotatable bonds is 7. The van der Waals surface area contributed by atoms with Crippen LogP contribution >= 0.6 is 0 Å². The van der Waals surface area contributed by atoms with Crippen molar-refractivity contribution < 1.29 is 23.9 Å². The highest BCUT2D eigenvalue weighted by atomic mass is 16.6. The number of pyridine rings is 1. The van der Waals surface area contributed by atoms with Crippen LogP contribution in [0.3, 0.4) is 0 Å². The fraction of sp³-hybridized carbons (Fsp3) is 0.391. The first-order chi connectivity index (χ1) is 16.9. The van der Waals surface area contributed by atoms with Gasteiger partial charge in [-0.05, 0) is 19.1 Å². The lowest BCUT2D eigenvalue weighted by atomic mass is 9.92. The average Bonchev–Trinajstić information content (AvgIpc) is 3.39. The summed E-state index contributed by atoms with van der Waals surface area (Å²) < 4.78 is 10.6. The molecule has 1 aliphatic heterocycles. The number of carbonyl (C=O) groups is 3. The van der Waals surface area contributed by atoms with E-state index in [0.717, 1.165) is 0 Å². The van der Waals surface area contributed by atoms with Crippen LogP contribution in [0.5, 0.6) is 5.75 Å². The Morgan fingerprint density at radius 1 is 1.14 bits per heavy atom. The molecule has 1 unspecified atom stereocenters. The van der Waals surface area contributed by atoms with E-state index in [1.165, 1.54) is 13.4 Å². The molecule has 0 aliphatic carbocycles. The maximum absolute atomic E-state index is 13.8. The summed E-state index contributed by atoms with van der Waals surface area (Å²) in [5.41, 5.74) is 6.60. The Morgan fingerprint density at radius 3 is 2.49 bits per heavy atom. The van der Waals surface area contributed by atoms with Gasteiger partial charge in [0.2, 0.25) is 5.91 Å². The van der Waals surface area contributed by atoms with Gasteiger partial charge in [0, 0.05) is 38.0 Å². The van der Waals surface area contributed by atoms with E-state index in [1.54, 1.807) is 34.9 Å². The number of ether oxygens (including phenoxy) is 2. The summed E-state index contributed by atoms with van der Waals surface area (Å²) in [6.45, 7) is 3.30. The SMILES string of the molecule is CCOC(=O)N1CCN(C(=O)C(Cc2ncn[nH]2)c2nc3ccccc3c(OC)c2C(N)=O)CC1. The van der Waals surface area contributed by atoms with Gasteiger partial charge in [-0.1, -0.05) is 12.1 Å². The molecule has 2 aromatic heterocycles. The van der Waals surface area contributed by atoms with Crippen molar-refractivity contribution in [2.45, 2.75) is 19.3 Å². The number of piperazine rings is 1. The average molecular weight is 482 g/mol. The van der Waals surface area contributed by atoms with E-state index in [-0.39, 0.29) is 35.9 Å². The van der Waals surface area contributed by atoms with Crippen LogP contribution in [0.15, 0.2) is 30.6 Å². The van der Waals surface area contributed by atoms with Crippen LogP contribution < -0.4 is 10.5 Å². The van der Waals surface area contributed by atoms with Crippen LogP contribution in [0.2, 0.25) is 0 Å². The molecular formula is C23H27N7O5. The minimum absolute atomic E-state index is 0.0502. The number of fused-ring (bicyclic) bond motifs is 1. The molecule has 1 fully saturated rings. The molecule has 3 aromatic rings. The van der Waals surface area contributed by atoms with Crippen molar-refractivity contribution in [2.24, 2.45) is 5.73 Å². The number of hydrogen-bond donors (Lipinski definition) is 2. The number of para-hydroxylation sites is 1. The molecule has 0 radical (unpaired) electrons. The molecule has 3 amide bonds. The van der Waals surface area contributed by atoms with Gasteiger partial charge in [0.1, 0.15) is 23.5 Å². The second-order valence-corrected chi connectivity index (χ2v) is 7.99. The fourth-order valence-corrected chi connectivity index (χ4v) is 4.27. The third kappa shape index (κ3) is 4.86. The first-order valence-corrected chi connectivity index (χ1v) is 11.3. The normalized spacial score (nSPS) is 14.6. The van der Waals surface area contributed by atoms with Crippen molar-refractivity contribution in [1.29, 1.82) is 0 Å². The monoisotopic (exact) mass is 481 g/mol. The van der Waals surface area contributed by atoms with Gasteiger partial charge >= 0.3 is 6.09 Å². The van der Waals surface area contributed by atoms with Crippen molar-refractivity contribution in [3.63, 3.8) is 0 Å². The minimum atomic E-state index is -0.891. The highest BCUT2D eigenvalue weighted by Crippen LogP contribution is 2.35. The van der Waals surface area contributed by atoms with E-state index < -0.39 is 17.9 Å². The third-order valence-electron chi connectivity index (χ3n) is 5.93. The molecule has 1 aromatic carbocycles. The molecule has 0 saturated carbocycles. The number of nitrogens with two attached hydrogens (primary N) is 1. The number of hydrogen-bond acceptors (Lipinski definition) is 8. The van der Waals surface area contributed by atoms with Crippen LogP contribution in [-0.2, 0) is 16.0 Å². The standard InChI is InChI=1S/C23H27N7O5/c1-3-35-23(33)30-10-8-29(9-11-30)22(32)15(12-17-25-13-26-28-17)19-18(21(24)31)20(34-2)14-6-4-5-7-16(14)27-19/h4-7,13,15H,3,8-12H2,1-2H3,(H2,24,31)(H,25,26,28). The number of H-pyrrole nitrogens is 1. The van der Waals surface area contributed by atoms with Gasteiger partial charge in [0.25, 0.3) is 5.91 Å². The number of benzene rings is 1. The number of carbonyl (C=O) groups excluding carboxylic acids is 3. The second kappa shape index (κ2) is 10.4. The number of nitrogens with one attached hydrogen (secondary N) is 1. The number of methoxy groups -OCH3 is 1. The van der Waals surface area contributed by atoms with Crippen LogP contribution in [-0.4, -0.2) is 87.8 Å². The molecule has 4 rings (SSSR count). The number of aromatic amines is 1. The predicted molar refractivity (Wildman–Crippen MR) is 125 cm³/mol. The molecule has 1 saturated heterocycles. The zero-order valence-electron chi connectivity index (χ0n) is 19.6. The molecule has 1 atom stereocenters. The minimum Gasteiger partial charge on any atom is -0.495 e. The van der Waals surface area contributed by atoms with Crippen LogP contribution in [0.1, 0.15) is 34.7 Å². The van der Waals surface area contributed by atoms with Crippen molar-refractivity contribution in [3.05, 3.63) is 47.7 Å². The number of nitrogens with zero attached hydrogens (tertiary/aromatic N) is 5. The fourth-order valence-electron chi connectivity index (χ4n) is 4.27. The summed E-state index contributed by atoms with van der Waals surface area (Å²) in [5, 5.41) is 7.25. The van der Waals surface area contributed by atoms with Gasteiger partial charge in [0.15, 0.2) is 0 Å². The van der Waals surface area contributed by atoms with Crippen LogP contribution in [0.4, 0.5) is 4.79 Å². The quantitative estimate of drug-likeness (QED) is 0.508. The third-order valence-corrected chi connectivity index (χ3v) is 5.93. The van der Waals surface area contributed by atoms with E-state index in [0.29, 0.717) is 42.9 Å². The Balaban J connectivity index is 1.74. The number of primary amides is 1. The number of amides is 3. The molecule has 1 aliphatic rings. The maximum Gasteiger partial charge on any atom is 0.409 e. The Hall–Kier alpha value is -4.22. The van der Waals surface area contributed by atoms with E-state index in [4.69, 9.17) is 20.2 Å². The Morgan fingerprint density at radius 2 is 1.86 bits per heavy atom. The number of aromatic nitrogens is 4. The summed E-state index contributed by atoms with van der Waals surface area (Å²) >= 11 is 0. The van der Waals surface area contributed by atoms with Crippen LogP contribution in [0, 0.1) is 0 Å². The summed E-state index contributed by atoms with van der Waals surface area (Å²) in [6.07, 6.45) is 1.05. The molecule has 12 heteroatoms. The van der Waals surface area contributed by atoms with Crippen molar-refractivity contribution in [1.82, 2.24) is 30.0 Å². The molecule has 3 heterocycles. The zero-order chi connectivity index (χ0) is 24.9. The second-order valence-electron chi connectivity index (χ2n) is 7.99. The lowest BCUT2D eigenvalue weighted by Gasteiger charge is -2.36. The largest absolute Gasteiger partial charge is 0.495 e. The van der Waals surface area contributed by atoms with Gasteiger partial charge in [-0.25, -0.2) is 9.78 Å². The molecule has 12 nitrogen and oxygen atoms in total. The highest BCUT2D eigenvalue weighted by molar-refractivity contribution is 6.04. The summed E-state index contributed by atoms with van der Waals surface area (Å²) in [6, 6.07) is 7.17. The zero-order valence-corrected chi connectivity index (χ0v) is 19.6. The van der Waals surface area contributed by atoms with E-state index in [2.05, 4.69) is 15.2 Å². The highest BCUT2D eigenvalue weighted by Gasteiger charge is 2.35. The first kappa shape index (κ1) is 23.9. The maximum atomic E-state index is 13.8. The topological polar surface area (TPSA) is 157 Å². The van der Waals surface area contributed by atoms with Gasteiger partial charge in [0.05, 0.1) is 30.8 Å².